The van der Waals surface area contributed by atoms with Crippen LogP contribution in [0.5, 0.6) is 5.75 Å². The average Bonchev–Trinajstić information content (AvgIpc) is 3.03. The largest absolute Gasteiger partial charge is 0.496 e. The molecule has 5 nitrogen and oxygen atoms in total. The summed E-state index contributed by atoms with van der Waals surface area (Å²) in [5.74, 6) is 0.951. The van der Waals surface area contributed by atoms with Gasteiger partial charge < -0.3 is 14.5 Å². The molecule has 1 aliphatic rings. The van der Waals surface area contributed by atoms with Crippen LogP contribution in [-0.2, 0) is 6.54 Å². The number of pyridine rings is 1. The molecule has 3 aromatic rings. The SMILES string of the molecule is COc1ccccc1C1CNCCN1Cc1cn2cc(C)ccc2n1. The number of nitrogens with zero attached hydrogens (tertiary/aromatic N) is 3. The number of para-hydroxylation sites is 1. The van der Waals surface area contributed by atoms with Gasteiger partial charge in [-0.05, 0) is 24.6 Å². The van der Waals surface area contributed by atoms with Crippen LogP contribution in [0.15, 0.2) is 48.8 Å². The first-order valence-electron chi connectivity index (χ1n) is 8.76. The Kier molecular flexibility index (Phi) is 4.42. The van der Waals surface area contributed by atoms with Crippen molar-refractivity contribution in [3.8, 4) is 5.75 Å². The molecule has 1 atom stereocenters. The summed E-state index contributed by atoms with van der Waals surface area (Å²) in [4.78, 5) is 7.28. The van der Waals surface area contributed by atoms with E-state index in [9.17, 15) is 0 Å². The third kappa shape index (κ3) is 3.25. The molecule has 0 spiro atoms. The van der Waals surface area contributed by atoms with Crippen molar-refractivity contribution in [2.24, 2.45) is 0 Å². The second kappa shape index (κ2) is 6.86. The van der Waals surface area contributed by atoms with E-state index in [1.807, 2.05) is 12.1 Å². The number of aromatic nitrogens is 2. The zero-order chi connectivity index (χ0) is 17.2. The average molecular weight is 336 g/mol. The van der Waals surface area contributed by atoms with E-state index in [1.54, 1.807) is 7.11 Å². The number of hydrogen-bond acceptors (Lipinski definition) is 4. The maximum Gasteiger partial charge on any atom is 0.137 e. The fourth-order valence-electron chi connectivity index (χ4n) is 3.62. The standard InChI is InChI=1S/C20H24N4O/c1-15-7-8-20-22-16(14-24(20)12-15)13-23-10-9-21-11-18(23)17-5-3-4-6-19(17)25-2/h3-8,12,14,18,21H,9-11,13H2,1-2H3. The first-order chi connectivity index (χ1) is 12.2. The highest BCUT2D eigenvalue weighted by molar-refractivity contribution is 5.41. The predicted molar refractivity (Wildman–Crippen MR) is 98.9 cm³/mol. The van der Waals surface area contributed by atoms with Crippen molar-refractivity contribution in [3.63, 3.8) is 0 Å². The number of methoxy groups -OCH3 is 1. The van der Waals surface area contributed by atoms with E-state index >= 15 is 0 Å². The Hall–Kier alpha value is -2.37. The molecule has 1 saturated heterocycles. The molecular formula is C20H24N4O. The molecule has 0 amide bonds. The molecule has 1 N–H and O–H groups in total. The Labute approximate surface area is 148 Å². The second-order valence-corrected chi connectivity index (χ2v) is 6.64. The lowest BCUT2D eigenvalue weighted by Gasteiger charge is -2.36. The number of ether oxygens (including phenoxy) is 1. The lowest BCUT2D eigenvalue weighted by atomic mass is 10.0. The van der Waals surface area contributed by atoms with Crippen LogP contribution in [-0.4, -0.2) is 41.0 Å². The normalized spacial score (nSPS) is 18.6. The number of hydrogen-bond donors (Lipinski definition) is 1. The first-order valence-corrected chi connectivity index (χ1v) is 8.76. The van der Waals surface area contributed by atoms with Crippen molar-refractivity contribution in [1.29, 1.82) is 0 Å². The van der Waals surface area contributed by atoms with Crippen LogP contribution in [0, 0.1) is 6.92 Å². The molecule has 5 heteroatoms. The highest BCUT2D eigenvalue weighted by Crippen LogP contribution is 2.31. The second-order valence-electron chi connectivity index (χ2n) is 6.64. The number of piperazine rings is 1. The summed E-state index contributed by atoms with van der Waals surface area (Å²) >= 11 is 0. The monoisotopic (exact) mass is 336 g/mol. The minimum Gasteiger partial charge on any atom is -0.496 e. The third-order valence-corrected chi connectivity index (χ3v) is 4.87. The van der Waals surface area contributed by atoms with Crippen LogP contribution >= 0.6 is 0 Å². The van der Waals surface area contributed by atoms with Crippen LogP contribution < -0.4 is 10.1 Å². The zero-order valence-corrected chi connectivity index (χ0v) is 14.8. The Bertz CT molecular complexity index is 873. The van der Waals surface area contributed by atoms with E-state index in [0.29, 0.717) is 0 Å². The van der Waals surface area contributed by atoms with E-state index in [-0.39, 0.29) is 6.04 Å². The number of imidazole rings is 1. The van der Waals surface area contributed by atoms with Gasteiger partial charge in [0.15, 0.2) is 0 Å². The molecule has 0 bridgehead atoms. The van der Waals surface area contributed by atoms with Gasteiger partial charge in [-0.15, -0.1) is 0 Å². The molecule has 0 saturated carbocycles. The number of nitrogens with one attached hydrogen (secondary N) is 1. The molecule has 0 radical (unpaired) electrons. The van der Waals surface area contributed by atoms with Gasteiger partial charge in [0.05, 0.1) is 18.8 Å². The Balaban J connectivity index is 1.62. The molecule has 25 heavy (non-hydrogen) atoms. The van der Waals surface area contributed by atoms with Crippen molar-refractivity contribution >= 4 is 5.65 Å². The van der Waals surface area contributed by atoms with E-state index < -0.39 is 0 Å². The summed E-state index contributed by atoms with van der Waals surface area (Å²) in [5, 5.41) is 3.51. The number of rotatable bonds is 4. The highest BCUT2D eigenvalue weighted by Gasteiger charge is 2.26. The van der Waals surface area contributed by atoms with Gasteiger partial charge in [0.2, 0.25) is 0 Å². The Morgan fingerprint density at radius 1 is 1.20 bits per heavy atom. The van der Waals surface area contributed by atoms with E-state index in [4.69, 9.17) is 9.72 Å². The van der Waals surface area contributed by atoms with Gasteiger partial charge in [0.25, 0.3) is 0 Å². The van der Waals surface area contributed by atoms with E-state index in [0.717, 1.165) is 43.3 Å². The van der Waals surface area contributed by atoms with Crippen molar-refractivity contribution < 1.29 is 4.74 Å². The minimum atomic E-state index is 0.288. The molecule has 1 unspecified atom stereocenters. The fourth-order valence-corrected chi connectivity index (χ4v) is 3.62. The van der Waals surface area contributed by atoms with Gasteiger partial charge in [-0.1, -0.05) is 24.3 Å². The van der Waals surface area contributed by atoms with E-state index in [1.165, 1.54) is 11.1 Å². The molecule has 1 aliphatic heterocycles. The molecule has 130 valence electrons. The van der Waals surface area contributed by atoms with Gasteiger partial charge in [-0.25, -0.2) is 4.98 Å². The number of benzene rings is 1. The summed E-state index contributed by atoms with van der Waals surface area (Å²) in [5.41, 5.74) is 4.58. The molecule has 1 fully saturated rings. The van der Waals surface area contributed by atoms with Crippen molar-refractivity contribution in [3.05, 3.63) is 65.6 Å². The molecule has 2 aromatic heterocycles. The van der Waals surface area contributed by atoms with Crippen molar-refractivity contribution in [1.82, 2.24) is 19.6 Å². The van der Waals surface area contributed by atoms with Gasteiger partial charge >= 0.3 is 0 Å². The van der Waals surface area contributed by atoms with Gasteiger partial charge in [-0.2, -0.15) is 0 Å². The summed E-state index contributed by atoms with van der Waals surface area (Å²) in [6.45, 7) is 5.86. The molecule has 1 aromatic carbocycles. The quantitative estimate of drug-likeness (QED) is 0.795. The summed E-state index contributed by atoms with van der Waals surface area (Å²) in [6, 6.07) is 12.8. The van der Waals surface area contributed by atoms with Crippen LogP contribution in [0.1, 0.15) is 22.9 Å². The first kappa shape index (κ1) is 16.1. The minimum absolute atomic E-state index is 0.288. The van der Waals surface area contributed by atoms with Crippen LogP contribution in [0.25, 0.3) is 5.65 Å². The Morgan fingerprint density at radius 2 is 2.08 bits per heavy atom. The molecule has 0 aliphatic carbocycles. The van der Waals surface area contributed by atoms with Crippen LogP contribution in [0.3, 0.4) is 0 Å². The summed E-state index contributed by atoms with van der Waals surface area (Å²) in [7, 11) is 1.74. The topological polar surface area (TPSA) is 41.8 Å². The lowest BCUT2D eigenvalue weighted by molar-refractivity contribution is 0.149. The highest BCUT2D eigenvalue weighted by atomic mass is 16.5. The number of fused-ring (bicyclic) bond motifs is 1. The molecule has 4 rings (SSSR count). The van der Waals surface area contributed by atoms with Crippen LogP contribution in [0.2, 0.25) is 0 Å². The fraction of sp³-hybridized carbons (Fsp3) is 0.350. The zero-order valence-electron chi connectivity index (χ0n) is 14.8. The van der Waals surface area contributed by atoms with Crippen LogP contribution in [0.4, 0.5) is 0 Å². The van der Waals surface area contributed by atoms with E-state index in [2.05, 4.69) is 58.2 Å². The molecular weight excluding hydrogens is 312 g/mol. The van der Waals surface area contributed by atoms with Gasteiger partial charge in [0.1, 0.15) is 11.4 Å². The third-order valence-electron chi connectivity index (χ3n) is 4.87. The van der Waals surface area contributed by atoms with Crippen molar-refractivity contribution in [2.75, 3.05) is 26.7 Å². The summed E-state index contributed by atoms with van der Waals surface area (Å²) in [6.07, 6.45) is 4.27. The van der Waals surface area contributed by atoms with Gasteiger partial charge in [-0.3, -0.25) is 4.90 Å². The molecule has 3 heterocycles. The smallest absolute Gasteiger partial charge is 0.137 e. The maximum absolute atomic E-state index is 5.58. The summed E-state index contributed by atoms with van der Waals surface area (Å²) < 4.78 is 7.70. The number of aryl methyl sites for hydroxylation is 1. The van der Waals surface area contributed by atoms with Crippen molar-refractivity contribution in [2.45, 2.75) is 19.5 Å². The predicted octanol–water partition coefficient (Wildman–Crippen LogP) is 2.80. The Morgan fingerprint density at radius 3 is 2.96 bits per heavy atom. The van der Waals surface area contributed by atoms with Gasteiger partial charge in [0, 0.05) is 44.1 Å². The maximum atomic E-state index is 5.58. The lowest BCUT2D eigenvalue weighted by Crippen LogP contribution is -2.45.